The molecule has 0 spiro atoms. The molecule has 1 N–H and O–H groups in total. The zero-order valence-corrected chi connectivity index (χ0v) is 9.76. The Kier molecular flexibility index (Phi) is 3.72. The lowest BCUT2D eigenvalue weighted by Gasteiger charge is -2.04. The molecular weight excluding hydrogens is 240 g/mol. The van der Waals surface area contributed by atoms with E-state index in [1.165, 1.54) is 0 Å². The molecule has 0 radical (unpaired) electrons. The fourth-order valence-electron chi connectivity index (χ4n) is 1.33. The number of hydrogen-bond donors (Lipinski definition) is 1. The molecule has 0 fully saturated rings. The van der Waals surface area contributed by atoms with Crippen molar-refractivity contribution in [2.24, 2.45) is 0 Å². The zero-order valence-electron chi connectivity index (χ0n) is 9.01. The smallest absolute Gasteiger partial charge is 0.227 e. The maximum atomic E-state index is 11.6. The molecule has 17 heavy (non-hydrogen) atoms. The number of halogens is 1. The van der Waals surface area contributed by atoms with Crippen LogP contribution in [0, 0.1) is 0 Å². The van der Waals surface area contributed by atoms with Crippen molar-refractivity contribution >= 4 is 23.3 Å². The van der Waals surface area contributed by atoms with E-state index in [-0.39, 0.29) is 5.91 Å². The van der Waals surface area contributed by atoms with Gasteiger partial charge in [0, 0.05) is 36.6 Å². The second kappa shape index (κ2) is 5.45. The second-order valence-corrected chi connectivity index (χ2v) is 3.89. The topological polar surface area (TPSA) is 59.8 Å². The third kappa shape index (κ3) is 3.57. The van der Waals surface area contributed by atoms with Crippen molar-refractivity contribution in [3.63, 3.8) is 0 Å². The number of pyridine rings is 1. The van der Waals surface area contributed by atoms with Crippen molar-refractivity contribution in [3.8, 4) is 0 Å². The first-order valence-electron chi connectivity index (χ1n) is 5.11. The quantitative estimate of drug-likeness (QED) is 0.902. The van der Waals surface area contributed by atoms with Crippen LogP contribution in [-0.2, 0) is 11.3 Å². The van der Waals surface area contributed by atoms with Gasteiger partial charge in [-0.05, 0) is 12.1 Å². The molecule has 2 aromatic heterocycles. The molecule has 0 aromatic carbocycles. The summed E-state index contributed by atoms with van der Waals surface area (Å²) in [6, 6.07) is 3.26. The van der Waals surface area contributed by atoms with Gasteiger partial charge in [0.1, 0.15) is 5.82 Å². The first-order chi connectivity index (χ1) is 8.24. The van der Waals surface area contributed by atoms with Gasteiger partial charge in [0.25, 0.3) is 0 Å². The number of nitrogens with one attached hydrogen (secondary N) is 1. The Hall–Kier alpha value is -1.88. The van der Waals surface area contributed by atoms with Crippen LogP contribution in [0.2, 0.25) is 5.02 Å². The normalized spacial score (nSPS) is 10.2. The van der Waals surface area contributed by atoms with Gasteiger partial charge in [-0.2, -0.15) is 0 Å². The van der Waals surface area contributed by atoms with Gasteiger partial charge in [-0.3, -0.25) is 4.79 Å². The minimum Gasteiger partial charge on any atom is -0.337 e. The van der Waals surface area contributed by atoms with E-state index in [0.717, 1.165) is 0 Å². The second-order valence-electron chi connectivity index (χ2n) is 3.46. The minimum atomic E-state index is -0.103. The van der Waals surface area contributed by atoms with Crippen LogP contribution in [0.15, 0.2) is 37.1 Å². The summed E-state index contributed by atoms with van der Waals surface area (Å²) in [7, 11) is 0. The lowest BCUT2D eigenvalue weighted by Crippen LogP contribution is -2.14. The fraction of sp³-hybridized carbons (Fsp3) is 0.182. The van der Waals surface area contributed by atoms with E-state index in [9.17, 15) is 4.79 Å². The molecule has 2 rings (SSSR count). The summed E-state index contributed by atoms with van der Waals surface area (Å²) in [5.41, 5.74) is 0. The van der Waals surface area contributed by atoms with E-state index < -0.39 is 0 Å². The third-order valence-corrected chi connectivity index (χ3v) is 2.38. The molecule has 0 unspecified atom stereocenters. The van der Waals surface area contributed by atoms with Crippen LogP contribution in [0.5, 0.6) is 0 Å². The molecule has 88 valence electrons. The molecule has 0 bridgehead atoms. The average Bonchev–Trinajstić information content (AvgIpc) is 2.79. The number of imidazole rings is 1. The molecular formula is C11H11ClN4O. The van der Waals surface area contributed by atoms with Crippen molar-refractivity contribution in [2.45, 2.75) is 13.0 Å². The number of rotatable bonds is 4. The highest BCUT2D eigenvalue weighted by molar-refractivity contribution is 6.30. The predicted molar refractivity (Wildman–Crippen MR) is 64.7 cm³/mol. The highest BCUT2D eigenvalue weighted by Gasteiger charge is 2.03. The number of nitrogens with zero attached hydrogens (tertiary/aromatic N) is 3. The largest absolute Gasteiger partial charge is 0.337 e. The molecule has 5 nitrogen and oxygen atoms in total. The van der Waals surface area contributed by atoms with Gasteiger partial charge < -0.3 is 9.88 Å². The Morgan fingerprint density at radius 3 is 3.06 bits per heavy atom. The molecule has 0 saturated carbocycles. The van der Waals surface area contributed by atoms with Crippen molar-refractivity contribution < 1.29 is 4.79 Å². The van der Waals surface area contributed by atoms with E-state index in [1.807, 2.05) is 10.8 Å². The van der Waals surface area contributed by atoms with E-state index in [4.69, 9.17) is 11.6 Å². The van der Waals surface area contributed by atoms with Crippen LogP contribution in [0.1, 0.15) is 6.42 Å². The number of anilines is 1. The number of hydrogen-bond acceptors (Lipinski definition) is 3. The van der Waals surface area contributed by atoms with Gasteiger partial charge in [-0.25, -0.2) is 9.97 Å². The molecule has 6 heteroatoms. The third-order valence-electron chi connectivity index (χ3n) is 2.15. The first kappa shape index (κ1) is 11.6. The van der Waals surface area contributed by atoms with Crippen LogP contribution >= 0.6 is 11.6 Å². The molecule has 2 aromatic rings. The number of carbonyl (C=O) groups is 1. The molecule has 0 aliphatic heterocycles. The van der Waals surface area contributed by atoms with Gasteiger partial charge in [-0.15, -0.1) is 0 Å². The Morgan fingerprint density at radius 2 is 2.35 bits per heavy atom. The summed E-state index contributed by atoms with van der Waals surface area (Å²) in [5, 5.41) is 3.22. The molecule has 0 aliphatic carbocycles. The van der Waals surface area contributed by atoms with E-state index in [1.54, 1.807) is 30.9 Å². The number of aromatic nitrogens is 3. The minimum absolute atomic E-state index is 0.103. The fourth-order valence-corrected chi connectivity index (χ4v) is 1.49. The molecule has 1 amide bonds. The average molecular weight is 251 g/mol. The van der Waals surface area contributed by atoms with Crippen LogP contribution in [0.3, 0.4) is 0 Å². The van der Waals surface area contributed by atoms with Gasteiger partial charge in [0.2, 0.25) is 5.91 Å². The number of aryl methyl sites for hydroxylation is 1. The van der Waals surface area contributed by atoms with Gasteiger partial charge in [0.05, 0.1) is 6.33 Å². The number of carbonyl (C=O) groups excluding carboxylic acids is 1. The monoisotopic (exact) mass is 250 g/mol. The van der Waals surface area contributed by atoms with Crippen molar-refractivity contribution in [1.29, 1.82) is 0 Å². The predicted octanol–water partition coefficient (Wildman–Crippen LogP) is 1.96. The van der Waals surface area contributed by atoms with Crippen molar-refractivity contribution in [2.75, 3.05) is 5.32 Å². The Labute approximate surface area is 103 Å². The zero-order chi connectivity index (χ0) is 12.1. The van der Waals surface area contributed by atoms with Crippen LogP contribution in [-0.4, -0.2) is 20.4 Å². The van der Waals surface area contributed by atoms with Crippen LogP contribution < -0.4 is 5.32 Å². The first-order valence-corrected chi connectivity index (χ1v) is 5.49. The van der Waals surface area contributed by atoms with Crippen molar-refractivity contribution in [3.05, 3.63) is 42.1 Å². The van der Waals surface area contributed by atoms with Gasteiger partial charge >= 0.3 is 0 Å². The summed E-state index contributed by atoms with van der Waals surface area (Å²) < 4.78 is 1.84. The Bertz CT molecular complexity index is 498. The van der Waals surface area contributed by atoms with E-state index in [2.05, 4.69) is 15.3 Å². The summed E-state index contributed by atoms with van der Waals surface area (Å²) in [6.07, 6.45) is 7.07. The molecule has 0 atom stereocenters. The summed E-state index contributed by atoms with van der Waals surface area (Å²) in [4.78, 5) is 19.5. The molecule has 0 aliphatic rings. The Morgan fingerprint density at radius 1 is 1.47 bits per heavy atom. The van der Waals surface area contributed by atoms with Crippen LogP contribution in [0.4, 0.5) is 5.82 Å². The highest BCUT2D eigenvalue weighted by atomic mass is 35.5. The molecule has 2 heterocycles. The lowest BCUT2D eigenvalue weighted by atomic mass is 10.4. The standard InChI is InChI=1S/C11H11ClN4O/c12-9-1-3-14-10(7-9)15-11(17)2-5-16-6-4-13-8-16/h1,3-4,6-8H,2,5H2,(H,14,15,17). The summed E-state index contributed by atoms with van der Waals surface area (Å²) in [5.74, 6) is 0.363. The Balaban J connectivity index is 1.85. The lowest BCUT2D eigenvalue weighted by molar-refractivity contribution is -0.116. The summed E-state index contributed by atoms with van der Waals surface area (Å²) in [6.45, 7) is 0.590. The molecule has 0 saturated heterocycles. The highest BCUT2D eigenvalue weighted by Crippen LogP contribution is 2.11. The van der Waals surface area contributed by atoms with Crippen LogP contribution in [0.25, 0.3) is 0 Å². The maximum Gasteiger partial charge on any atom is 0.227 e. The number of amides is 1. The maximum absolute atomic E-state index is 11.6. The van der Waals surface area contributed by atoms with Gasteiger partial charge in [0.15, 0.2) is 0 Å². The summed E-state index contributed by atoms with van der Waals surface area (Å²) >= 11 is 5.78. The van der Waals surface area contributed by atoms with E-state index in [0.29, 0.717) is 23.8 Å². The van der Waals surface area contributed by atoms with E-state index >= 15 is 0 Å². The van der Waals surface area contributed by atoms with Crippen molar-refractivity contribution in [1.82, 2.24) is 14.5 Å². The van der Waals surface area contributed by atoms with Gasteiger partial charge in [-0.1, -0.05) is 11.6 Å². The SMILES string of the molecule is O=C(CCn1ccnc1)Nc1cc(Cl)ccn1.